The smallest absolute Gasteiger partial charge is 0.456 e. The number of allylic oxidation sites excluding steroid dienone is 11. The van der Waals surface area contributed by atoms with Gasteiger partial charge in [-0.15, -0.1) is 0 Å². The van der Waals surface area contributed by atoms with E-state index in [0.717, 1.165) is 77.0 Å². The molecule has 496 valence electrons. The van der Waals surface area contributed by atoms with E-state index < -0.39 is 20.0 Å². The Balaban J connectivity index is 4.97. The third-order valence-electron chi connectivity index (χ3n) is 16.1. The molecule has 0 bridgehead atoms. The van der Waals surface area contributed by atoms with E-state index in [0.29, 0.717) is 17.4 Å². The second-order valence-corrected chi connectivity index (χ2v) is 27.2. The third kappa shape index (κ3) is 65.7. The normalized spacial score (nSPS) is 13.9. The zero-order chi connectivity index (χ0) is 62.1. The van der Waals surface area contributed by atoms with Crippen molar-refractivity contribution in [3.05, 3.63) is 72.9 Å². The number of carbonyl (C=O) groups is 2. The molecule has 0 aliphatic heterocycles. The van der Waals surface area contributed by atoms with Crippen molar-refractivity contribution in [3.8, 4) is 0 Å². The number of amides is 1. The number of phosphoric ester groups is 1. The van der Waals surface area contributed by atoms with Gasteiger partial charge in [-0.3, -0.25) is 18.6 Å². The molecular formula is C75H140N2O7P+. The first-order valence-corrected chi connectivity index (χ1v) is 37.8. The van der Waals surface area contributed by atoms with Crippen LogP contribution in [0.3, 0.4) is 0 Å². The van der Waals surface area contributed by atoms with Crippen LogP contribution >= 0.6 is 7.82 Å². The topological polar surface area (TPSA) is 111 Å². The molecule has 0 radical (unpaired) electrons. The van der Waals surface area contributed by atoms with Crippen molar-refractivity contribution in [1.82, 2.24) is 5.32 Å². The summed E-state index contributed by atoms with van der Waals surface area (Å²) in [6.07, 6.45) is 84.9. The molecule has 0 saturated heterocycles. The summed E-state index contributed by atoms with van der Waals surface area (Å²) in [6.45, 7) is 6.99. The minimum absolute atomic E-state index is 0.0391. The van der Waals surface area contributed by atoms with Gasteiger partial charge in [0.15, 0.2) is 0 Å². The highest BCUT2D eigenvalue weighted by Crippen LogP contribution is 2.43. The number of esters is 1. The van der Waals surface area contributed by atoms with Crippen molar-refractivity contribution >= 4 is 19.7 Å². The molecule has 0 spiro atoms. The lowest BCUT2D eigenvalue weighted by Crippen LogP contribution is -2.47. The Kier molecular flexibility index (Phi) is 62.5. The Morgan fingerprint density at radius 3 is 1.09 bits per heavy atom. The van der Waals surface area contributed by atoms with Crippen LogP contribution in [0.25, 0.3) is 0 Å². The molecule has 9 nitrogen and oxygen atoms in total. The van der Waals surface area contributed by atoms with E-state index in [2.05, 4.69) is 86.8 Å². The summed E-state index contributed by atoms with van der Waals surface area (Å²) in [5, 5.41) is 3.07. The lowest BCUT2D eigenvalue weighted by Gasteiger charge is -2.27. The maximum atomic E-state index is 13.6. The number of likely N-dealkylation sites (N-methyl/N-ethyl adjacent to an activating group) is 1. The van der Waals surface area contributed by atoms with Gasteiger partial charge >= 0.3 is 13.8 Å². The van der Waals surface area contributed by atoms with Crippen LogP contribution in [0.4, 0.5) is 0 Å². The van der Waals surface area contributed by atoms with E-state index >= 15 is 0 Å². The van der Waals surface area contributed by atoms with Gasteiger partial charge in [0, 0.05) is 12.8 Å². The van der Waals surface area contributed by atoms with Crippen LogP contribution in [0.15, 0.2) is 72.9 Å². The van der Waals surface area contributed by atoms with Gasteiger partial charge in [0.2, 0.25) is 5.91 Å². The number of ether oxygens (including phenoxy) is 1. The Morgan fingerprint density at radius 1 is 0.412 bits per heavy atom. The fourth-order valence-electron chi connectivity index (χ4n) is 10.5. The Labute approximate surface area is 527 Å². The maximum Gasteiger partial charge on any atom is 0.472 e. The molecule has 2 N–H and O–H groups in total. The monoisotopic (exact) mass is 1210 g/mol. The Hall–Kier alpha value is -2.55. The van der Waals surface area contributed by atoms with Gasteiger partial charge < -0.3 is 19.4 Å². The second kappa shape index (κ2) is 64.4. The highest BCUT2D eigenvalue weighted by molar-refractivity contribution is 7.47. The summed E-state index contributed by atoms with van der Waals surface area (Å²) in [5.41, 5.74) is 0. The van der Waals surface area contributed by atoms with Gasteiger partial charge in [-0.2, -0.15) is 0 Å². The number of rotatable bonds is 66. The fraction of sp³-hybridized carbons (Fsp3) is 0.813. The first-order valence-electron chi connectivity index (χ1n) is 36.3. The fourth-order valence-corrected chi connectivity index (χ4v) is 11.2. The molecule has 0 aliphatic carbocycles. The largest absolute Gasteiger partial charge is 0.472 e. The van der Waals surface area contributed by atoms with Crippen LogP contribution in [0, 0.1) is 0 Å². The van der Waals surface area contributed by atoms with Crippen molar-refractivity contribution in [1.29, 1.82) is 0 Å². The second-order valence-electron chi connectivity index (χ2n) is 25.8. The van der Waals surface area contributed by atoms with E-state index in [1.54, 1.807) is 0 Å². The van der Waals surface area contributed by atoms with E-state index in [4.69, 9.17) is 13.8 Å². The molecule has 0 saturated carbocycles. The first-order chi connectivity index (χ1) is 41.4. The summed E-state index contributed by atoms with van der Waals surface area (Å²) < 4.78 is 30.8. The van der Waals surface area contributed by atoms with Crippen LogP contribution in [0.2, 0.25) is 0 Å². The number of phosphoric acid groups is 1. The summed E-state index contributed by atoms with van der Waals surface area (Å²) in [4.78, 5) is 37.9. The predicted molar refractivity (Wildman–Crippen MR) is 369 cm³/mol. The molecule has 0 fully saturated rings. The minimum atomic E-state index is -4.46. The summed E-state index contributed by atoms with van der Waals surface area (Å²) in [7, 11) is 1.50. The van der Waals surface area contributed by atoms with Gasteiger partial charge in [0.05, 0.1) is 33.8 Å². The van der Waals surface area contributed by atoms with Crippen LogP contribution in [-0.4, -0.2) is 74.3 Å². The number of unbranched alkanes of at least 4 members (excludes halogenated alkanes) is 40. The molecule has 10 heteroatoms. The number of nitrogens with zero attached hydrogens (tertiary/aromatic N) is 1. The molecule has 3 atom stereocenters. The van der Waals surface area contributed by atoms with Crippen molar-refractivity contribution in [2.24, 2.45) is 0 Å². The number of quaternary nitrogens is 1. The molecule has 0 aromatic rings. The van der Waals surface area contributed by atoms with Crippen LogP contribution in [0.1, 0.15) is 342 Å². The molecule has 0 aromatic carbocycles. The number of hydrogen-bond donors (Lipinski definition) is 2. The summed E-state index contributed by atoms with van der Waals surface area (Å²) in [5.74, 6) is -0.498. The van der Waals surface area contributed by atoms with Crippen molar-refractivity contribution in [2.75, 3.05) is 40.9 Å². The Morgan fingerprint density at radius 2 is 0.718 bits per heavy atom. The highest BCUT2D eigenvalue weighted by Gasteiger charge is 2.30. The quantitative estimate of drug-likeness (QED) is 0.0205. The number of carbonyl (C=O) groups excluding carboxylic acids is 2. The van der Waals surface area contributed by atoms with Gasteiger partial charge in [-0.1, -0.05) is 299 Å². The van der Waals surface area contributed by atoms with Gasteiger partial charge in [-0.05, 0) is 102 Å². The van der Waals surface area contributed by atoms with Crippen molar-refractivity contribution < 1.29 is 37.3 Å². The number of nitrogens with one attached hydrogen (secondary N) is 1. The Bertz CT molecular complexity index is 1680. The zero-order valence-electron chi connectivity index (χ0n) is 56.9. The van der Waals surface area contributed by atoms with Gasteiger partial charge in [0.25, 0.3) is 0 Å². The minimum Gasteiger partial charge on any atom is -0.456 e. The maximum absolute atomic E-state index is 13.6. The molecule has 0 aromatic heterocycles. The number of hydrogen-bond acceptors (Lipinski definition) is 6. The summed E-state index contributed by atoms with van der Waals surface area (Å²) >= 11 is 0. The van der Waals surface area contributed by atoms with E-state index in [1.807, 2.05) is 33.3 Å². The molecule has 0 heterocycles. The molecular weight excluding hydrogens is 1070 g/mol. The van der Waals surface area contributed by atoms with E-state index in [9.17, 15) is 19.0 Å². The highest BCUT2D eigenvalue weighted by atomic mass is 31.2. The molecule has 1 amide bonds. The average Bonchev–Trinajstić information content (AvgIpc) is 3.64. The van der Waals surface area contributed by atoms with Crippen LogP contribution in [0.5, 0.6) is 0 Å². The van der Waals surface area contributed by atoms with E-state index in [-0.39, 0.29) is 31.5 Å². The standard InChI is InChI=1S/C75H139N2O7P/c1-7-10-13-16-19-22-25-27-29-31-33-35-36-37-38-39-40-42-43-45-47-49-52-55-58-61-64-67-74(78)76-72(71-83-85(80,81)82-70-69-77(4,5)6)73(66-63-60-57-54-51-24-21-18-15-12-9-3)84-75(79)68-65-62-59-56-53-50-48-46-44-41-34-32-30-28-26-23-20-17-14-11-8-2/h19-20,22-23,27-30,33,35,63,66,72-73H,7-18,21,24-26,31-32,34,36-62,64-65,67-71H2,1-6H3,(H-,76,78,80,81)/p+1/b22-19-,23-20-,29-27-,30-28-,35-33-,66-63-. The molecule has 0 rings (SSSR count). The lowest BCUT2D eigenvalue weighted by atomic mass is 10.0. The van der Waals surface area contributed by atoms with E-state index in [1.165, 1.54) is 231 Å². The molecule has 3 unspecified atom stereocenters. The molecule has 0 aliphatic rings. The molecule has 85 heavy (non-hydrogen) atoms. The van der Waals surface area contributed by atoms with Crippen molar-refractivity contribution in [3.63, 3.8) is 0 Å². The van der Waals surface area contributed by atoms with Crippen LogP contribution < -0.4 is 5.32 Å². The van der Waals surface area contributed by atoms with Gasteiger partial charge in [0.1, 0.15) is 19.3 Å². The zero-order valence-corrected chi connectivity index (χ0v) is 57.7. The van der Waals surface area contributed by atoms with Crippen molar-refractivity contribution in [2.45, 2.75) is 354 Å². The predicted octanol–water partition coefficient (Wildman–Crippen LogP) is 23.1. The average molecular weight is 1210 g/mol. The van der Waals surface area contributed by atoms with Gasteiger partial charge in [-0.25, -0.2) is 4.57 Å². The lowest BCUT2D eigenvalue weighted by molar-refractivity contribution is -0.870. The third-order valence-corrected chi connectivity index (χ3v) is 17.1. The summed E-state index contributed by atoms with van der Waals surface area (Å²) in [6, 6.07) is -0.852. The first kappa shape index (κ1) is 82.5. The SMILES string of the molecule is CCCCC/C=C\C/C=C\C/C=C\CCCCCCCCCCCCCCCCC(=O)NC(COP(=O)(O)OCC[N+](C)(C)C)C(/C=C\CCCCCCCCCCC)OC(=O)CCCCCCCCCCCCC/C=C\C/C=C\CCCCC. The van der Waals surface area contributed by atoms with Crippen LogP contribution in [-0.2, 0) is 27.9 Å².